The standard InChI is InChI=1S/C42H35N.V/c1-41(2)36-18-11-9-16-34(36)40-37(41)19-12-20-39(40)43(30-23-21-29(22-24-30)28-13-6-5-7-14-28)31-25-26-33-32-15-8-10-17-35(32)42(3,4)38(33)27-31;/h5-27H,1-4H3;. The second-order valence-electron chi connectivity index (χ2n) is 13.0. The van der Waals surface area contributed by atoms with E-state index in [1.807, 2.05) is 0 Å². The number of rotatable bonds is 4. The maximum Gasteiger partial charge on any atom is 0.0543 e. The van der Waals surface area contributed by atoms with Crippen LogP contribution in [0, 0.1) is 0 Å². The van der Waals surface area contributed by atoms with Crippen LogP contribution < -0.4 is 4.90 Å². The van der Waals surface area contributed by atoms with Crippen LogP contribution in [0.3, 0.4) is 0 Å². The first-order valence-corrected chi connectivity index (χ1v) is 15.3. The van der Waals surface area contributed by atoms with Gasteiger partial charge in [0, 0.05) is 46.3 Å². The van der Waals surface area contributed by atoms with Crippen molar-refractivity contribution in [2.45, 2.75) is 38.5 Å². The van der Waals surface area contributed by atoms with Gasteiger partial charge in [-0.25, -0.2) is 0 Å². The average Bonchev–Trinajstić information content (AvgIpc) is 3.42. The number of hydrogen-bond acceptors (Lipinski definition) is 1. The Kier molecular flexibility index (Phi) is 6.74. The maximum absolute atomic E-state index is 2.48. The Bertz CT molecular complexity index is 2020. The molecule has 2 heteroatoms. The van der Waals surface area contributed by atoms with Crippen molar-refractivity contribution in [3.05, 3.63) is 162 Å². The molecular formula is C42H35NV. The predicted molar refractivity (Wildman–Crippen MR) is 182 cm³/mol. The van der Waals surface area contributed by atoms with E-state index >= 15 is 0 Å². The molecule has 44 heavy (non-hydrogen) atoms. The van der Waals surface area contributed by atoms with E-state index < -0.39 is 0 Å². The summed E-state index contributed by atoms with van der Waals surface area (Å²) in [5.41, 5.74) is 16.8. The molecule has 6 aromatic carbocycles. The fraction of sp³-hybridized carbons (Fsp3) is 0.143. The minimum Gasteiger partial charge on any atom is -0.310 e. The summed E-state index contributed by atoms with van der Waals surface area (Å²) in [5, 5.41) is 0. The van der Waals surface area contributed by atoms with Crippen molar-refractivity contribution in [1.82, 2.24) is 0 Å². The second kappa shape index (κ2) is 10.4. The molecule has 0 saturated heterocycles. The largest absolute Gasteiger partial charge is 0.310 e. The fourth-order valence-corrected chi connectivity index (χ4v) is 7.61. The first-order chi connectivity index (χ1) is 20.9. The molecule has 0 spiro atoms. The van der Waals surface area contributed by atoms with Gasteiger partial charge in [-0.3, -0.25) is 0 Å². The van der Waals surface area contributed by atoms with Crippen LogP contribution in [0.2, 0.25) is 0 Å². The third-order valence-electron chi connectivity index (χ3n) is 9.88. The van der Waals surface area contributed by atoms with E-state index in [0.717, 1.165) is 5.69 Å². The Balaban J connectivity index is 0.00000312. The third kappa shape index (κ3) is 4.14. The van der Waals surface area contributed by atoms with E-state index in [1.165, 1.54) is 67.0 Å². The van der Waals surface area contributed by atoms with Crippen molar-refractivity contribution in [3.63, 3.8) is 0 Å². The van der Waals surface area contributed by atoms with E-state index in [0.29, 0.717) is 0 Å². The molecule has 0 saturated carbocycles. The molecule has 1 radical (unpaired) electrons. The topological polar surface area (TPSA) is 3.24 Å². The summed E-state index contributed by atoms with van der Waals surface area (Å²) in [6, 6.07) is 51.5. The quantitative estimate of drug-likeness (QED) is 0.193. The van der Waals surface area contributed by atoms with Gasteiger partial charge >= 0.3 is 0 Å². The molecule has 2 aliphatic rings. The van der Waals surface area contributed by atoms with Crippen molar-refractivity contribution < 1.29 is 18.6 Å². The SMILES string of the molecule is CC1(C)c2ccccc2-c2ccc(N(c3ccc(-c4ccccc4)cc3)c3cccc4c3-c3ccccc3C4(C)C)cc21.[V]. The van der Waals surface area contributed by atoms with E-state index in [-0.39, 0.29) is 29.4 Å². The van der Waals surface area contributed by atoms with E-state index in [2.05, 4.69) is 172 Å². The molecular weight excluding hydrogens is 569 g/mol. The number of benzene rings is 6. The van der Waals surface area contributed by atoms with Gasteiger partial charge in [-0.2, -0.15) is 0 Å². The van der Waals surface area contributed by atoms with E-state index in [4.69, 9.17) is 0 Å². The first-order valence-electron chi connectivity index (χ1n) is 15.3. The molecule has 0 aliphatic heterocycles. The Morgan fingerprint density at radius 1 is 0.409 bits per heavy atom. The van der Waals surface area contributed by atoms with Gasteiger partial charge in [0.1, 0.15) is 0 Å². The van der Waals surface area contributed by atoms with Gasteiger partial charge < -0.3 is 4.90 Å². The zero-order chi connectivity index (χ0) is 29.3. The van der Waals surface area contributed by atoms with E-state index in [9.17, 15) is 0 Å². The molecule has 0 fully saturated rings. The Hall–Kier alpha value is -4.30. The third-order valence-corrected chi connectivity index (χ3v) is 9.88. The molecule has 1 nitrogen and oxygen atoms in total. The molecule has 0 heterocycles. The number of nitrogens with zero attached hydrogens (tertiary/aromatic N) is 1. The monoisotopic (exact) mass is 604 g/mol. The summed E-state index contributed by atoms with van der Waals surface area (Å²) in [4.78, 5) is 2.48. The van der Waals surface area contributed by atoms with Crippen LogP contribution in [0.25, 0.3) is 33.4 Å². The van der Waals surface area contributed by atoms with Crippen LogP contribution in [-0.4, -0.2) is 0 Å². The second-order valence-corrected chi connectivity index (χ2v) is 13.0. The van der Waals surface area contributed by atoms with Crippen LogP contribution in [0.4, 0.5) is 17.1 Å². The van der Waals surface area contributed by atoms with Crippen LogP contribution in [0.15, 0.2) is 140 Å². The van der Waals surface area contributed by atoms with Crippen LogP contribution in [0.1, 0.15) is 49.9 Å². The Morgan fingerprint density at radius 3 is 1.66 bits per heavy atom. The smallest absolute Gasteiger partial charge is 0.0543 e. The van der Waals surface area contributed by atoms with Gasteiger partial charge in [-0.1, -0.05) is 137 Å². The molecule has 2 aliphatic carbocycles. The normalized spacial score (nSPS) is 14.5. The van der Waals surface area contributed by atoms with Gasteiger partial charge in [0.25, 0.3) is 0 Å². The summed E-state index contributed by atoms with van der Waals surface area (Å²) in [6.07, 6.45) is 0. The van der Waals surface area contributed by atoms with Crippen molar-refractivity contribution in [3.8, 4) is 33.4 Å². The first kappa shape index (κ1) is 28.5. The summed E-state index contributed by atoms with van der Waals surface area (Å²) < 4.78 is 0. The average molecular weight is 605 g/mol. The van der Waals surface area contributed by atoms with Gasteiger partial charge in [-0.05, 0) is 80.4 Å². The Labute approximate surface area is 273 Å². The molecule has 0 unspecified atom stereocenters. The maximum atomic E-state index is 2.48. The van der Waals surface area contributed by atoms with Crippen LogP contribution in [0.5, 0.6) is 0 Å². The molecule has 0 amide bonds. The van der Waals surface area contributed by atoms with Crippen LogP contribution in [-0.2, 0) is 29.4 Å². The molecule has 213 valence electrons. The van der Waals surface area contributed by atoms with E-state index in [1.54, 1.807) is 0 Å². The minimum absolute atomic E-state index is 0. The van der Waals surface area contributed by atoms with Gasteiger partial charge in [-0.15, -0.1) is 0 Å². The van der Waals surface area contributed by atoms with Crippen molar-refractivity contribution in [2.75, 3.05) is 4.90 Å². The number of hydrogen-bond donors (Lipinski definition) is 0. The Morgan fingerprint density at radius 2 is 0.932 bits per heavy atom. The molecule has 6 aromatic rings. The summed E-state index contributed by atoms with van der Waals surface area (Å²) >= 11 is 0. The zero-order valence-electron chi connectivity index (χ0n) is 25.7. The van der Waals surface area contributed by atoms with Gasteiger partial charge in [0.15, 0.2) is 0 Å². The zero-order valence-corrected chi connectivity index (χ0v) is 27.1. The number of fused-ring (bicyclic) bond motifs is 6. The van der Waals surface area contributed by atoms with Gasteiger partial charge in [0.2, 0.25) is 0 Å². The molecule has 0 aromatic heterocycles. The van der Waals surface area contributed by atoms with Crippen molar-refractivity contribution in [2.24, 2.45) is 0 Å². The predicted octanol–water partition coefficient (Wildman–Crippen LogP) is 11.4. The van der Waals surface area contributed by atoms with Gasteiger partial charge in [0.05, 0.1) is 5.69 Å². The molecule has 0 bridgehead atoms. The van der Waals surface area contributed by atoms with Crippen LogP contribution >= 0.6 is 0 Å². The summed E-state index contributed by atoms with van der Waals surface area (Å²) in [5.74, 6) is 0. The summed E-state index contributed by atoms with van der Waals surface area (Å²) in [6.45, 7) is 9.43. The van der Waals surface area contributed by atoms with Crippen molar-refractivity contribution in [1.29, 1.82) is 0 Å². The summed E-state index contributed by atoms with van der Waals surface area (Å²) in [7, 11) is 0. The minimum atomic E-state index is -0.0714. The number of anilines is 3. The molecule has 8 rings (SSSR count). The van der Waals surface area contributed by atoms with Crippen molar-refractivity contribution >= 4 is 17.1 Å². The fourth-order valence-electron chi connectivity index (χ4n) is 7.61. The molecule has 0 N–H and O–H groups in total. The molecule has 0 atom stereocenters.